The summed E-state index contributed by atoms with van der Waals surface area (Å²) in [5.41, 5.74) is 10.0. The fourth-order valence-corrected chi connectivity index (χ4v) is 6.40. The third-order valence-electron chi connectivity index (χ3n) is 8.77. The summed E-state index contributed by atoms with van der Waals surface area (Å²) in [6.07, 6.45) is 6.62. The Morgan fingerprint density at radius 2 is 0.980 bits per heavy atom. The Morgan fingerprint density at radius 3 is 1.43 bits per heavy atom. The summed E-state index contributed by atoms with van der Waals surface area (Å²) >= 11 is 0. The summed E-state index contributed by atoms with van der Waals surface area (Å²) < 4.78 is 15.2. The molecule has 4 heterocycles. The molecular weight excluding hydrogens is 608 g/mol. The van der Waals surface area contributed by atoms with Gasteiger partial charge in [-0.2, -0.15) is 0 Å². The van der Waals surface area contributed by atoms with Crippen molar-refractivity contribution in [2.24, 2.45) is 0 Å². The van der Waals surface area contributed by atoms with E-state index < -0.39 is 0 Å². The van der Waals surface area contributed by atoms with E-state index in [1.54, 1.807) is 12.4 Å². The summed E-state index contributed by atoms with van der Waals surface area (Å²) in [4.78, 5) is 22.3. The molecule has 0 aliphatic heterocycles. The topological polar surface area (TPSA) is 87.8 Å². The Labute approximate surface area is 283 Å². The van der Waals surface area contributed by atoms with Crippen LogP contribution in [0.4, 0.5) is 0 Å². The van der Waals surface area contributed by atoms with Crippen molar-refractivity contribution in [2.45, 2.75) is 27.7 Å². The molecule has 4 aromatic heterocycles. The number of benzene rings is 4. The molecule has 0 radical (unpaired) electrons. The van der Waals surface area contributed by atoms with E-state index in [1.165, 1.54) is 12.7 Å². The third-order valence-corrected chi connectivity index (χ3v) is 8.77. The highest BCUT2D eigenvalue weighted by Gasteiger charge is 2.18. The van der Waals surface area contributed by atoms with Crippen molar-refractivity contribution in [3.8, 4) is 51.5 Å². The Hall–Kier alpha value is -6.41. The molecule has 8 rings (SSSR count). The summed E-state index contributed by atoms with van der Waals surface area (Å²) in [6.45, 7) is 8.30. The fourth-order valence-electron chi connectivity index (χ4n) is 6.40. The lowest BCUT2D eigenvalue weighted by Gasteiger charge is -2.14. The van der Waals surface area contributed by atoms with E-state index in [9.17, 15) is 0 Å². The van der Waals surface area contributed by atoms with Gasteiger partial charge in [-0.1, -0.05) is 24.3 Å². The standard InChI is InChI=1S/C41H32N6O2/c1-25-17-27(3)39(21-33(25)35-9-5-7-15-43-35)48-29-11-13-31-32-14-12-30(20-38(32)47(37(31)19-29)41-45-23-42-24-46-41)49-40-22-34(26(2)18-28(40)4)36-10-6-8-16-44-36/h5-24H,1-4H3. The number of nitrogens with zero attached hydrogens (tertiary/aromatic N) is 6. The number of hydrogen-bond acceptors (Lipinski definition) is 7. The largest absolute Gasteiger partial charge is 0.457 e. The van der Waals surface area contributed by atoms with Crippen LogP contribution in [0.3, 0.4) is 0 Å². The minimum Gasteiger partial charge on any atom is -0.457 e. The number of aromatic nitrogens is 6. The van der Waals surface area contributed by atoms with Gasteiger partial charge in [-0.3, -0.25) is 14.5 Å². The molecule has 0 atom stereocenters. The summed E-state index contributed by atoms with van der Waals surface area (Å²) in [5.74, 6) is 3.42. The van der Waals surface area contributed by atoms with E-state index in [1.807, 2.05) is 65.2 Å². The van der Waals surface area contributed by atoms with E-state index in [-0.39, 0.29) is 0 Å². The number of hydrogen-bond donors (Lipinski definition) is 0. The second kappa shape index (κ2) is 12.3. The molecule has 0 aliphatic rings. The van der Waals surface area contributed by atoms with E-state index in [4.69, 9.17) is 9.47 Å². The van der Waals surface area contributed by atoms with Crippen LogP contribution in [0.15, 0.2) is 122 Å². The fraction of sp³-hybridized carbons (Fsp3) is 0.0976. The summed E-state index contributed by atoms with van der Waals surface area (Å²) in [6, 6.07) is 32.5. The Bertz CT molecular complexity index is 2330. The van der Waals surface area contributed by atoms with Crippen molar-refractivity contribution < 1.29 is 9.47 Å². The smallest absolute Gasteiger partial charge is 0.237 e. The van der Waals surface area contributed by atoms with Gasteiger partial charge in [0.15, 0.2) is 0 Å². The van der Waals surface area contributed by atoms with Crippen LogP contribution in [0.5, 0.6) is 23.0 Å². The quantitative estimate of drug-likeness (QED) is 0.171. The van der Waals surface area contributed by atoms with E-state index in [2.05, 4.69) is 89.0 Å². The molecule has 0 unspecified atom stereocenters. The van der Waals surface area contributed by atoms with Crippen LogP contribution in [-0.4, -0.2) is 29.5 Å². The zero-order valence-electron chi connectivity index (χ0n) is 27.5. The highest BCUT2D eigenvalue weighted by Crippen LogP contribution is 2.39. The number of pyridine rings is 2. The van der Waals surface area contributed by atoms with Crippen LogP contribution in [0.1, 0.15) is 22.3 Å². The number of ether oxygens (including phenoxy) is 2. The molecule has 8 aromatic rings. The zero-order valence-corrected chi connectivity index (χ0v) is 27.5. The van der Waals surface area contributed by atoms with Gasteiger partial charge in [0.1, 0.15) is 35.7 Å². The molecule has 8 heteroatoms. The van der Waals surface area contributed by atoms with Crippen molar-refractivity contribution in [3.05, 3.63) is 144 Å². The Balaban J connectivity index is 1.22. The molecule has 8 nitrogen and oxygen atoms in total. The van der Waals surface area contributed by atoms with E-state index in [0.717, 1.165) is 78.1 Å². The molecule has 0 fully saturated rings. The lowest BCUT2D eigenvalue weighted by molar-refractivity contribution is 0.479. The van der Waals surface area contributed by atoms with Crippen molar-refractivity contribution in [1.82, 2.24) is 29.5 Å². The minimum absolute atomic E-state index is 0.497. The lowest BCUT2D eigenvalue weighted by atomic mass is 10.0. The Morgan fingerprint density at radius 1 is 0.490 bits per heavy atom. The molecule has 0 spiro atoms. The normalized spacial score (nSPS) is 11.3. The number of rotatable bonds is 7. The van der Waals surface area contributed by atoms with Crippen LogP contribution in [0.25, 0.3) is 50.3 Å². The van der Waals surface area contributed by atoms with Gasteiger partial charge in [-0.05, 0) is 111 Å². The molecule has 0 saturated carbocycles. The Kier molecular flexibility index (Phi) is 7.53. The first kappa shape index (κ1) is 30.0. The predicted octanol–water partition coefficient (Wildman–Crippen LogP) is 9.91. The van der Waals surface area contributed by atoms with E-state index >= 15 is 0 Å². The number of fused-ring (bicyclic) bond motifs is 3. The van der Waals surface area contributed by atoms with Gasteiger partial charge in [-0.25, -0.2) is 15.0 Å². The van der Waals surface area contributed by atoms with Gasteiger partial charge >= 0.3 is 0 Å². The van der Waals surface area contributed by atoms with Gasteiger partial charge in [0.2, 0.25) is 5.95 Å². The molecular formula is C41H32N6O2. The molecule has 0 saturated heterocycles. The van der Waals surface area contributed by atoms with Gasteiger partial charge in [0.25, 0.3) is 0 Å². The highest BCUT2D eigenvalue weighted by molar-refractivity contribution is 6.09. The van der Waals surface area contributed by atoms with Crippen LogP contribution in [-0.2, 0) is 0 Å². The maximum Gasteiger partial charge on any atom is 0.237 e. The SMILES string of the molecule is Cc1cc(C)c(-c2ccccn2)cc1Oc1ccc2c3ccc(Oc4cc(-c5ccccn5)c(C)cc4C)cc3n(-c3ncncn3)c2c1. The van der Waals surface area contributed by atoms with Crippen LogP contribution < -0.4 is 9.47 Å². The van der Waals surface area contributed by atoms with Gasteiger partial charge in [-0.15, -0.1) is 0 Å². The van der Waals surface area contributed by atoms with Crippen LogP contribution in [0.2, 0.25) is 0 Å². The molecule has 0 N–H and O–H groups in total. The molecule has 0 bridgehead atoms. The van der Waals surface area contributed by atoms with Gasteiger partial charge < -0.3 is 9.47 Å². The molecule has 4 aromatic carbocycles. The molecule has 0 aliphatic carbocycles. The first-order valence-corrected chi connectivity index (χ1v) is 16.0. The highest BCUT2D eigenvalue weighted by atomic mass is 16.5. The average molecular weight is 641 g/mol. The molecule has 49 heavy (non-hydrogen) atoms. The maximum atomic E-state index is 6.57. The second-order valence-corrected chi connectivity index (χ2v) is 12.1. The average Bonchev–Trinajstić information content (AvgIpc) is 3.44. The first-order chi connectivity index (χ1) is 23.9. The summed E-state index contributed by atoms with van der Waals surface area (Å²) in [5, 5.41) is 2.07. The van der Waals surface area contributed by atoms with E-state index in [0.29, 0.717) is 17.4 Å². The second-order valence-electron chi connectivity index (χ2n) is 12.1. The third kappa shape index (κ3) is 5.63. The predicted molar refractivity (Wildman–Crippen MR) is 193 cm³/mol. The maximum absolute atomic E-state index is 6.57. The monoisotopic (exact) mass is 640 g/mol. The van der Waals surface area contributed by atoms with Crippen molar-refractivity contribution in [1.29, 1.82) is 0 Å². The molecule has 238 valence electrons. The number of aryl methyl sites for hydroxylation is 4. The first-order valence-electron chi connectivity index (χ1n) is 16.0. The summed E-state index contributed by atoms with van der Waals surface area (Å²) in [7, 11) is 0. The van der Waals surface area contributed by atoms with Gasteiger partial charge in [0.05, 0.1) is 22.4 Å². The van der Waals surface area contributed by atoms with Crippen LogP contribution in [0, 0.1) is 27.7 Å². The van der Waals surface area contributed by atoms with Crippen molar-refractivity contribution in [2.75, 3.05) is 0 Å². The van der Waals surface area contributed by atoms with Crippen molar-refractivity contribution in [3.63, 3.8) is 0 Å². The minimum atomic E-state index is 0.497. The van der Waals surface area contributed by atoms with Gasteiger partial charge in [0, 0.05) is 46.4 Å². The lowest BCUT2D eigenvalue weighted by Crippen LogP contribution is -2.01. The van der Waals surface area contributed by atoms with Crippen molar-refractivity contribution >= 4 is 21.8 Å². The molecule has 0 amide bonds. The van der Waals surface area contributed by atoms with Crippen LogP contribution >= 0.6 is 0 Å². The zero-order chi connectivity index (χ0) is 33.5.